The zero-order valence-corrected chi connectivity index (χ0v) is 17.7. The molecule has 0 heterocycles. The highest BCUT2D eigenvalue weighted by atomic mass is 16.4. The average Bonchev–Trinajstić information content (AvgIpc) is 2.81. The highest BCUT2D eigenvalue weighted by Gasteiger charge is 2.28. The van der Waals surface area contributed by atoms with Gasteiger partial charge in [0.05, 0.1) is 23.6 Å². The first-order valence-electron chi connectivity index (χ1n) is 10.3. The van der Waals surface area contributed by atoms with Gasteiger partial charge in [0.1, 0.15) is 0 Å². The molecule has 3 aromatic carbocycles. The molecule has 0 saturated heterocycles. The summed E-state index contributed by atoms with van der Waals surface area (Å²) in [5, 5.41) is 22.1. The average molecular weight is 425 g/mol. The van der Waals surface area contributed by atoms with Crippen molar-refractivity contribution in [2.24, 2.45) is 5.92 Å². The number of amides is 1. The number of carboxylic acids is 1. The molecule has 2 N–H and O–H groups in total. The number of hydrogen-bond acceptors (Lipinski definition) is 3. The van der Waals surface area contributed by atoms with Gasteiger partial charge in [-0.2, -0.15) is 5.26 Å². The van der Waals surface area contributed by atoms with Crippen LogP contribution in [0.3, 0.4) is 0 Å². The van der Waals surface area contributed by atoms with Crippen LogP contribution in [0.5, 0.6) is 0 Å². The van der Waals surface area contributed by atoms with Gasteiger partial charge in [-0.15, -0.1) is 0 Å². The molecule has 1 amide bonds. The fourth-order valence-electron chi connectivity index (χ4n) is 3.51. The minimum absolute atomic E-state index is 0.169. The van der Waals surface area contributed by atoms with E-state index in [-0.39, 0.29) is 12.3 Å². The van der Waals surface area contributed by atoms with Crippen molar-refractivity contribution in [3.8, 4) is 6.07 Å². The maximum absolute atomic E-state index is 13.0. The minimum Gasteiger partial charge on any atom is -0.481 e. The Kier molecular flexibility index (Phi) is 7.55. The summed E-state index contributed by atoms with van der Waals surface area (Å²) in [5.41, 5.74) is 3.40. The number of nitriles is 1. The van der Waals surface area contributed by atoms with Crippen LogP contribution >= 0.6 is 0 Å². The smallest absolute Gasteiger partial charge is 0.309 e. The molecule has 0 radical (unpaired) electrons. The number of carboxylic acid groups (broad SMARTS) is 1. The van der Waals surface area contributed by atoms with Crippen LogP contribution in [0, 0.1) is 24.2 Å². The second kappa shape index (κ2) is 10.7. The zero-order chi connectivity index (χ0) is 22.9. The van der Waals surface area contributed by atoms with Crippen molar-refractivity contribution >= 4 is 18.0 Å². The molecule has 3 rings (SSSR count). The van der Waals surface area contributed by atoms with Gasteiger partial charge < -0.3 is 10.4 Å². The van der Waals surface area contributed by atoms with Crippen LogP contribution in [-0.2, 0) is 11.2 Å². The first-order chi connectivity index (χ1) is 15.5. The van der Waals surface area contributed by atoms with E-state index < -0.39 is 17.9 Å². The van der Waals surface area contributed by atoms with E-state index in [1.807, 2.05) is 55.5 Å². The van der Waals surface area contributed by atoms with Crippen molar-refractivity contribution in [1.29, 1.82) is 5.26 Å². The van der Waals surface area contributed by atoms with Crippen molar-refractivity contribution in [3.05, 3.63) is 113 Å². The largest absolute Gasteiger partial charge is 0.481 e. The molecule has 0 spiro atoms. The molecule has 3 aromatic rings. The van der Waals surface area contributed by atoms with E-state index in [4.69, 9.17) is 5.26 Å². The molecule has 0 aliphatic heterocycles. The molecule has 0 aliphatic carbocycles. The summed E-state index contributed by atoms with van der Waals surface area (Å²) in [4.78, 5) is 25.2. The summed E-state index contributed by atoms with van der Waals surface area (Å²) >= 11 is 0. The Morgan fingerprint density at radius 1 is 1.03 bits per heavy atom. The van der Waals surface area contributed by atoms with Gasteiger partial charge in [0.15, 0.2) is 0 Å². The van der Waals surface area contributed by atoms with Gasteiger partial charge in [-0.25, -0.2) is 0 Å². The number of aliphatic carboxylic acids is 1. The van der Waals surface area contributed by atoms with Crippen LogP contribution in [0.25, 0.3) is 6.08 Å². The van der Waals surface area contributed by atoms with Crippen molar-refractivity contribution in [3.63, 3.8) is 0 Å². The first kappa shape index (κ1) is 22.5. The van der Waals surface area contributed by atoms with Crippen LogP contribution in [0.15, 0.2) is 84.9 Å². The van der Waals surface area contributed by atoms with E-state index in [2.05, 4.69) is 11.4 Å². The molecule has 2 atom stereocenters. The van der Waals surface area contributed by atoms with Crippen LogP contribution in [0.4, 0.5) is 0 Å². The lowest BCUT2D eigenvalue weighted by Gasteiger charge is -2.23. The fraction of sp³-hybridized carbons (Fsp3) is 0.148. The molecule has 0 aromatic heterocycles. The molecule has 32 heavy (non-hydrogen) atoms. The Morgan fingerprint density at radius 2 is 1.75 bits per heavy atom. The third-order valence-corrected chi connectivity index (χ3v) is 5.25. The van der Waals surface area contributed by atoms with E-state index in [9.17, 15) is 14.7 Å². The SMILES string of the molecule is Cc1ccccc1C(=O)N[C@H](/C=C/c1ccccc1)[C@@H](Cc1cccc(C#N)c1)C(=O)O. The molecular weight excluding hydrogens is 400 g/mol. The maximum atomic E-state index is 13.0. The Morgan fingerprint density at radius 3 is 2.44 bits per heavy atom. The number of carbonyl (C=O) groups excluding carboxylic acids is 1. The fourth-order valence-corrected chi connectivity index (χ4v) is 3.51. The normalized spacial score (nSPS) is 12.6. The van der Waals surface area contributed by atoms with Gasteiger partial charge in [0.2, 0.25) is 0 Å². The minimum atomic E-state index is -1.03. The Bertz CT molecular complexity index is 1160. The van der Waals surface area contributed by atoms with Crippen molar-refractivity contribution in [2.75, 3.05) is 0 Å². The predicted molar refractivity (Wildman–Crippen MR) is 124 cm³/mol. The number of carbonyl (C=O) groups is 2. The quantitative estimate of drug-likeness (QED) is 0.552. The maximum Gasteiger partial charge on any atom is 0.309 e. The summed E-state index contributed by atoms with van der Waals surface area (Å²) in [7, 11) is 0. The van der Waals surface area contributed by atoms with E-state index >= 15 is 0 Å². The summed E-state index contributed by atoms with van der Waals surface area (Å²) in [6.45, 7) is 1.84. The second-order valence-corrected chi connectivity index (χ2v) is 7.55. The van der Waals surface area contributed by atoms with E-state index in [1.165, 1.54) is 0 Å². The molecule has 0 aliphatic rings. The molecule has 0 fully saturated rings. The summed E-state index contributed by atoms with van der Waals surface area (Å²) in [5.74, 6) is -2.28. The van der Waals surface area contributed by atoms with Gasteiger partial charge in [0, 0.05) is 5.56 Å². The van der Waals surface area contributed by atoms with Crippen molar-refractivity contribution in [1.82, 2.24) is 5.32 Å². The van der Waals surface area contributed by atoms with E-state index in [1.54, 1.807) is 42.5 Å². The summed E-state index contributed by atoms with van der Waals surface area (Å²) in [6, 6.07) is 24.9. The molecule has 0 bridgehead atoms. The number of hydrogen-bond donors (Lipinski definition) is 2. The lowest BCUT2D eigenvalue weighted by atomic mass is 9.90. The lowest BCUT2D eigenvalue weighted by Crippen LogP contribution is -2.43. The van der Waals surface area contributed by atoms with Gasteiger partial charge in [-0.1, -0.05) is 72.8 Å². The standard InChI is InChI=1S/C27H24N2O3/c1-19-8-5-6-13-23(19)26(30)29-25(15-14-20-9-3-2-4-10-20)24(27(31)32)17-21-11-7-12-22(16-21)18-28/h2-16,24-25H,17H2,1H3,(H,29,30)(H,31,32)/b15-14+/t24-,25-/m1/s1. The molecule has 160 valence electrons. The third-order valence-electron chi connectivity index (χ3n) is 5.25. The summed E-state index contributed by atoms with van der Waals surface area (Å²) < 4.78 is 0. The third kappa shape index (κ3) is 5.93. The molecule has 5 heteroatoms. The van der Waals surface area contributed by atoms with Crippen molar-refractivity contribution < 1.29 is 14.7 Å². The molecule has 5 nitrogen and oxygen atoms in total. The van der Waals surface area contributed by atoms with Crippen LogP contribution in [0.1, 0.15) is 32.6 Å². The number of aryl methyl sites for hydroxylation is 1. The highest BCUT2D eigenvalue weighted by molar-refractivity contribution is 5.96. The molecule has 0 saturated carbocycles. The van der Waals surface area contributed by atoms with Crippen molar-refractivity contribution in [2.45, 2.75) is 19.4 Å². The topological polar surface area (TPSA) is 90.2 Å². The van der Waals surface area contributed by atoms with Gasteiger partial charge in [-0.3, -0.25) is 9.59 Å². The van der Waals surface area contributed by atoms with Gasteiger partial charge in [-0.05, 0) is 48.2 Å². The predicted octanol–water partition coefficient (Wildman–Crippen LogP) is 4.62. The van der Waals surface area contributed by atoms with Gasteiger partial charge in [0.25, 0.3) is 5.91 Å². The zero-order valence-electron chi connectivity index (χ0n) is 17.7. The number of nitrogens with one attached hydrogen (secondary N) is 1. The Hall–Kier alpha value is -4.17. The van der Waals surface area contributed by atoms with Crippen LogP contribution in [0.2, 0.25) is 0 Å². The number of benzene rings is 3. The second-order valence-electron chi connectivity index (χ2n) is 7.55. The number of nitrogens with zero attached hydrogens (tertiary/aromatic N) is 1. The number of rotatable bonds is 8. The molecular formula is C27H24N2O3. The monoisotopic (exact) mass is 424 g/mol. The lowest BCUT2D eigenvalue weighted by molar-refractivity contribution is -0.142. The summed E-state index contributed by atoms with van der Waals surface area (Å²) in [6.07, 6.45) is 3.70. The van der Waals surface area contributed by atoms with Gasteiger partial charge >= 0.3 is 5.97 Å². The van der Waals surface area contributed by atoms with E-state index in [0.717, 1.165) is 16.7 Å². The van der Waals surface area contributed by atoms with E-state index in [0.29, 0.717) is 11.1 Å². The van der Waals surface area contributed by atoms with Crippen LogP contribution < -0.4 is 5.32 Å². The first-order valence-corrected chi connectivity index (χ1v) is 10.3. The Labute approximate surface area is 187 Å². The highest BCUT2D eigenvalue weighted by Crippen LogP contribution is 2.18. The van der Waals surface area contributed by atoms with Crippen LogP contribution in [-0.4, -0.2) is 23.0 Å². The molecule has 0 unspecified atom stereocenters. The Balaban J connectivity index is 1.93.